The van der Waals surface area contributed by atoms with Crippen molar-refractivity contribution in [3.63, 3.8) is 0 Å². The van der Waals surface area contributed by atoms with Crippen molar-refractivity contribution < 1.29 is 5.11 Å². The lowest BCUT2D eigenvalue weighted by atomic mass is 10.3. The molecule has 1 rings (SSSR count). The first-order chi connectivity index (χ1) is 5.04. The molecule has 1 heterocycles. The summed E-state index contributed by atoms with van der Waals surface area (Å²) >= 11 is 6.44. The van der Waals surface area contributed by atoms with Crippen molar-refractivity contribution in [2.45, 2.75) is 13.8 Å². The van der Waals surface area contributed by atoms with Gasteiger partial charge in [-0.3, -0.25) is 4.98 Å². The Balaban J connectivity index is 3.46. The van der Waals surface area contributed by atoms with Crippen LogP contribution in [0.4, 0.5) is 0 Å². The summed E-state index contributed by atoms with van der Waals surface area (Å²) in [5, 5.41) is 9.43. The highest BCUT2D eigenvalue weighted by atomic mass is 79.9. The lowest BCUT2D eigenvalue weighted by Gasteiger charge is -2.05. The standard InChI is InChI=1S/C7H7Br2NO/c1-3-5(8)7(11)6(9)4(2)10-3/h1-2H3,(H,10,11). The van der Waals surface area contributed by atoms with Crippen molar-refractivity contribution in [3.05, 3.63) is 20.3 Å². The van der Waals surface area contributed by atoms with Crippen LogP contribution in [0.3, 0.4) is 0 Å². The molecule has 0 bridgehead atoms. The summed E-state index contributed by atoms with van der Waals surface area (Å²) in [6, 6.07) is 0. The van der Waals surface area contributed by atoms with Gasteiger partial charge in [-0.25, -0.2) is 0 Å². The van der Waals surface area contributed by atoms with Gasteiger partial charge >= 0.3 is 0 Å². The van der Waals surface area contributed by atoms with Gasteiger partial charge in [-0.2, -0.15) is 0 Å². The minimum absolute atomic E-state index is 0.218. The van der Waals surface area contributed by atoms with E-state index in [0.717, 1.165) is 11.4 Å². The molecule has 0 radical (unpaired) electrons. The van der Waals surface area contributed by atoms with E-state index in [1.54, 1.807) is 0 Å². The van der Waals surface area contributed by atoms with Crippen molar-refractivity contribution in [3.8, 4) is 5.75 Å². The Kier molecular flexibility index (Phi) is 2.54. The molecule has 60 valence electrons. The minimum Gasteiger partial charge on any atom is -0.505 e. The van der Waals surface area contributed by atoms with Crippen molar-refractivity contribution in [1.82, 2.24) is 4.98 Å². The van der Waals surface area contributed by atoms with Gasteiger partial charge in [-0.05, 0) is 45.7 Å². The van der Waals surface area contributed by atoms with E-state index < -0.39 is 0 Å². The second-order valence-corrected chi connectivity index (χ2v) is 3.85. The van der Waals surface area contributed by atoms with Gasteiger partial charge in [-0.1, -0.05) is 0 Å². The minimum atomic E-state index is 0.218. The Morgan fingerprint density at radius 3 is 1.82 bits per heavy atom. The normalized spacial score (nSPS) is 10.2. The Bertz CT molecular complexity index is 273. The van der Waals surface area contributed by atoms with Crippen LogP contribution in [0.25, 0.3) is 0 Å². The van der Waals surface area contributed by atoms with Gasteiger partial charge in [0, 0.05) is 0 Å². The van der Waals surface area contributed by atoms with Crippen LogP contribution in [0.1, 0.15) is 11.4 Å². The molecule has 0 spiro atoms. The number of aromatic nitrogens is 1. The Morgan fingerprint density at radius 1 is 1.09 bits per heavy atom. The lowest BCUT2D eigenvalue weighted by Crippen LogP contribution is -1.89. The van der Waals surface area contributed by atoms with Gasteiger partial charge < -0.3 is 5.11 Å². The summed E-state index contributed by atoms with van der Waals surface area (Å²) in [6.07, 6.45) is 0. The number of pyridine rings is 1. The van der Waals surface area contributed by atoms with Crippen LogP contribution in [0, 0.1) is 13.8 Å². The first-order valence-electron chi connectivity index (χ1n) is 3.05. The van der Waals surface area contributed by atoms with Gasteiger partial charge in [0.05, 0.1) is 20.3 Å². The average Bonchev–Trinajstić information content (AvgIpc) is 1.97. The highest BCUT2D eigenvalue weighted by molar-refractivity contribution is 9.11. The number of aryl methyl sites for hydroxylation is 2. The maximum absolute atomic E-state index is 9.43. The lowest BCUT2D eigenvalue weighted by molar-refractivity contribution is 0.466. The molecule has 0 atom stereocenters. The topological polar surface area (TPSA) is 33.1 Å². The van der Waals surface area contributed by atoms with Gasteiger partial charge in [-0.15, -0.1) is 0 Å². The van der Waals surface area contributed by atoms with E-state index in [2.05, 4.69) is 36.8 Å². The van der Waals surface area contributed by atoms with E-state index in [1.807, 2.05) is 13.8 Å². The summed E-state index contributed by atoms with van der Waals surface area (Å²) in [6.45, 7) is 3.67. The van der Waals surface area contributed by atoms with Crippen LogP contribution in [-0.2, 0) is 0 Å². The number of aromatic hydroxyl groups is 1. The van der Waals surface area contributed by atoms with Crippen molar-refractivity contribution in [2.75, 3.05) is 0 Å². The van der Waals surface area contributed by atoms with Gasteiger partial charge in [0.2, 0.25) is 0 Å². The van der Waals surface area contributed by atoms with Crippen LogP contribution in [-0.4, -0.2) is 10.1 Å². The van der Waals surface area contributed by atoms with Crippen molar-refractivity contribution in [1.29, 1.82) is 0 Å². The third-order valence-corrected chi connectivity index (χ3v) is 3.29. The SMILES string of the molecule is Cc1nc(C)c(Br)c(O)c1Br. The largest absolute Gasteiger partial charge is 0.505 e. The molecule has 0 unspecified atom stereocenters. The number of halogens is 2. The predicted molar refractivity (Wildman–Crippen MR) is 50.8 cm³/mol. The zero-order chi connectivity index (χ0) is 8.59. The number of hydrogen-bond donors (Lipinski definition) is 1. The number of nitrogens with zero attached hydrogens (tertiary/aromatic N) is 1. The van der Waals surface area contributed by atoms with Crippen LogP contribution in [0.5, 0.6) is 5.75 Å². The highest BCUT2D eigenvalue weighted by Crippen LogP contribution is 2.35. The predicted octanol–water partition coefficient (Wildman–Crippen LogP) is 2.93. The van der Waals surface area contributed by atoms with Crippen molar-refractivity contribution in [2.24, 2.45) is 0 Å². The summed E-state index contributed by atoms with van der Waals surface area (Å²) in [5.74, 6) is 0.218. The number of rotatable bonds is 0. The molecule has 2 nitrogen and oxygen atoms in total. The average molecular weight is 281 g/mol. The molecular weight excluding hydrogens is 274 g/mol. The fraction of sp³-hybridized carbons (Fsp3) is 0.286. The molecule has 11 heavy (non-hydrogen) atoms. The first kappa shape index (κ1) is 9.00. The molecule has 0 aliphatic heterocycles. The molecule has 1 N–H and O–H groups in total. The zero-order valence-corrected chi connectivity index (χ0v) is 9.32. The van der Waals surface area contributed by atoms with E-state index in [0.29, 0.717) is 8.95 Å². The smallest absolute Gasteiger partial charge is 0.147 e. The molecule has 1 aromatic rings. The Labute approximate surface area is 81.9 Å². The maximum atomic E-state index is 9.43. The molecule has 0 saturated carbocycles. The summed E-state index contributed by atoms with van der Waals surface area (Å²) in [7, 11) is 0. The molecule has 0 amide bonds. The Morgan fingerprint density at radius 2 is 1.45 bits per heavy atom. The quantitative estimate of drug-likeness (QED) is 0.793. The fourth-order valence-electron chi connectivity index (χ4n) is 0.789. The second kappa shape index (κ2) is 3.11. The van der Waals surface area contributed by atoms with Crippen LogP contribution in [0.15, 0.2) is 8.95 Å². The third-order valence-electron chi connectivity index (χ3n) is 1.39. The Hall–Kier alpha value is -0.0900. The van der Waals surface area contributed by atoms with Gasteiger partial charge in [0.1, 0.15) is 5.75 Å². The van der Waals surface area contributed by atoms with Crippen LogP contribution < -0.4 is 0 Å². The summed E-state index contributed by atoms with van der Waals surface area (Å²) < 4.78 is 1.30. The molecular formula is C7H7Br2NO. The van der Waals surface area contributed by atoms with Crippen molar-refractivity contribution >= 4 is 31.9 Å². The van der Waals surface area contributed by atoms with Crippen LogP contribution >= 0.6 is 31.9 Å². The molecule has 0 aromatic carbocycles. The maximum Gasteiger partial charge on any atom is 0.147 e. The van der Waals surface area contributed by atoms with Gasteiger partial charge in [0.25, 0.3) is 0 Å². The second-order valence-electron chi connectivity index (χ2n) is 2.26. The first-order valence-corrected chi connectivity index (χ1v) is 4.63. The molecule has 0 fully saturated rings. The summed E-state index contributed by atoms with van der Waals surface area (Å²) in [5.41, 5.74) is 1.59. The fourth-order valence-corrected chi connectivity index (χ4v) is 1.63. The number of hydrogen-bond acceptors (Lipinski definition) is 2. The third kappa shape index (κ3) is 1.56. The van der Waals surface area contributed by atoms with E-state index >= 15 is 0 Å². The highest BCUT2D eigenvalue weighted by Gasteiger charge is 2.09. The summed E-state index contributed by atoms with van der Waals surface area (Å²) in [4.78, 5) is 4.18. The van der Waals surface area contributed by atoms with Crippen LogP contribution in [0.2, 0.25) is 0 Å². The molecule has 1 aromatic heterocycles. The van der Waals surface area contributed by atoms with Gasteiger partial charge in [0.15, 0.2) is 0 Å². The molecule has 4 heteroatoms. The molecule has 0 saturated heterocycles. The monoisotopic (exact) mass is 279 g/mol. The molecule has 0 aliphatic rings. The van der Waals surface area contributed by atoms with E-state index in [-0.39, 0.29) is 5.75 Å². The van der Waals surface area contributed by atoms with E-state index in [4.69, 9.17) is 0 Å². The zero-order valence-electron chi connectivity index (χ0n) is 6.15. The van der Waals surface area contributed by atoms with E-state index in [1.165, 1.54) is 0 Å². The van der Waals surface area contributed by atoms with E-state index in [9.17, 15) is 5.11 Å². The molecule has 0 aliphatic carbocycles.